The van der Waals surface area contributed by atoms with E-state index in [0.717, 1.165) is 0 Å². The standard InChI is InChI=1S/C14H18N2O3/c1-14(2,15)7-11(17)9-4-5-12-10(6-9)16(3)13(18)8-19-12/h4-6H,7-8,15H2,1-3H3. The molecular formula is C14H18N2O3. The fraction of sp³-hybridized carbons (Fsp3) is 0.429. The van der Waals surface area contributed by atoms with Gasteiger partial charge in [0.25, 0.3) is 5.91 Å². The highest BCUT2D eigenvalue weighted by Gasteiger charge is 2.24. The number of nitrogens with zero attached hydrogens (tertiary/aromatic N) is 1. The number of fused-ring (bicyclic) bond motifs is 1. The maximum atomic E-state index is 12.1. The van der Waals surface area contributed by atoms with Gasteiger partial charge in [0.1, 0.15) is 5.75 Å². The maximum absolute atomic E-state index is 12.1. The Morgan fingerprint density at radius 2 is 2.16 bits per heavy atom. The Morgan fingerprint density at radius 1 is 1.47 bits per heavy atom. The molecule has 19 heavy (non-hydrogen) atoms. The van der Waals surface area contributed by atoms with E-state index in [-0.39, 0.29) is 24.7 Å². The first kappa shape index (κ1) is 13.5. The molecule has 102 valence electrons. The number of benzene rings is 1. The predicted molar refractivity (Wildman–Crippen MR) is 72.6 cm³/mol. The van der Waals surface area contributed by atoms with Crippen LogP contribution >= 0.6 is 0 Å². The molecule has 1 aliphatic heterocycles. The van der Waals surface area contributed by atoms with Crippen LogP contribution in [0.1, 0.15) is 30.6 Å². The van der Waals surface area contributed by atoms with Gasteiger partial charge in [-0.1, -0.05) is 0 Å². The molecule has 0 radical (unpaired) electrons. The number of ketones is 1. The molecular weight excluding hydrogens is 244 g/mol. The van der Waals surface area contributed by atoms with Gasteiger partial charge in [-0.05, 0) is 32.0 Å². The van der Waals surface area contributed by atoms with E-state index < -0.39 is 5.54 Å². The van der Waals surface area contributed by atoms with E-state index in [4.69, 9.17) is 10.5 Å². The molecule has 0 atom stereocenters. The van der Waals surface area contributed by atoms with Gasteiger partial charge in [0.2, 0.25) is 0 Å². The summed E-state index contributed by atoms with van der Waals surface area (Å²) in [5.74, 6) is 0.448. The highest BCUT2D eigenvalue weighted by Crippen LogP contribution is 2.32. The Morgan fingerprint density at radius 3 is 2.79 bits per heavy atom. The second-order valence-electron chi connectivity index (χ2n) is 5.51. The summed E-state index contributed by atoms with van der Waals surface area (Å²) >= 11 is 0. The van der Waals surface area contributed by atoms with E-state index >= 15 is 0 Å². The first-order chi connectivity index (χ1) is 8.78. The molecule has 1 amide bonds. The molecule has 0 unspecified atom stereocenters. The summed E-state index contributed by atoms with van der Waals surface area (Å²) in [6.45, 7) is 3.65. The smallest absolute Gasteiger partial charge is 0.264 e. The average molecular weight is 262 g/mol. The largest absolute Gasteiger partial charge is 0.482 e. The molecule has 1 aromatic carbocycles. The molecule has 5 nitrogen and oxygen atoms in total. The van der Waals surface area contributed by atoms with E-state index in [2.05, 4.69) is 0 Å². The molecule has 0 spiro atoms. The van der Waals surface area contributed by atoms with Gasteiger partial charge in [-0.2, -0.15) is 0 Å². The number of amides is 1. The molecule has 1 heterocycles. The first-order valence-electron chi connectivity index (χ1n) is 6.13. The van der Waals surface area contributed by atoms with Crippen molar-refractivity contribution in [2.75, 3.05) is 18.6 Å². The van der Waals surface area contributed by atoms with Gasteiger partial charge >= 0.3 is 0 Å². The molecule has 2 N–H and O–H groups in total. The van der Waals surface area contributed by atoms with Crippen molar-refractivity contribution in [2.24, 2.45) is 5.73 Å². The lowest BCUT2D eigenvalue weighted by Crippen LogP contribution is -2.36. The number of anilines is 1. The number of nitrogens with two attached hydrogens (primary N) is 1. The normalized spacial score (nSPS) is 14.9. The quantitative estimate of drug-likeness (QED) is 0.835. The average Bonchev–Trinajstić information content (AvgIpc) is 2.31. The molecule has 1 aliphatic rings. The van der Waals surface area contributed by atoms with E-state index in [1.54, 1.807) is 25.2 Å². The minimum Gasteiger partial charge on any atom is -0.482 e. The minimum atomic E-state index is -0.550. The summed E-state index contributed by atoms with van der Waals surface area (Å²) in [6, 6.07) is 5.10. The Bertz CT molecular complexity index is 532. The number of ether oxygens (including phenoxy) is 1. The van der Waals surface area contributed by atoms with Gasteiger partial charge in [-0.15, -0.1) is 0 Å². The number of hydrogen-bond donors (Lipinski definition) is 1. The molecule has 2 rings (SSSR count). The highest BCUT2D eigenvalue weighted by molar-refractivity contribution is 6.01. The second-order valence-corrected chi connectivity index (χ2v) is 5.51. The van der Waals surface area contributed by atoms with Crippen molar-refractivity contribution in [2.45, 2.75) is 25.8 Å². The monoisotopic (exact) mass is 262 g/mol. The zero-order chi connectivity index (χ0) is 14.2. The summed E-state index contributed by atoms with van der Waals surface area (Å²) in [7, 11) is 1.67. The van der Waals surface area contributed by atoms with E-state index in [1.165, 1.54) is 4.90 Å². The molecule has 0 aromatic heterocycles. The summed E-state index contributed by atoms with van der Waals surface area (Å²) in [5.41, 5.74) is 6.47. The molecule has 0 fully saturated rings. The zero-order valence-corrected chi connectivity index (χ0v) is 11.4. The van der Waals surface area contributed by atoms with Crippen molar-refractivity contribution in [3.8, 4) is 5.75 Å². The van der Waals surface area contributed by atoms with Crippen molar-refractivity contribution in [3.05, 3.63) is 23.8 Å². The molecule has 0 bridgehead atoms. The summed E-state index contributed by atoms with van der Waals surface area (Å²) in [5, 5.41) is 0. The van der Waals surface area contributed by atoms with Gasteiger partial charge in [-0.25, -0.2) is 0 Å². The second kappa shape index (κ2) is 4.66. The maximum Gasteiger partial charge on any atom is 0.264 e. The summed E-state index contributed by atoms with van der Waals surface area (Å²) < 4.78 is 5.31. The van der Waals surface area contributed by atoms with Crippen molar-refractivity contribution < 1.29 is 14.3 Å². The van der Waals surface area contributed by atoms with Crippen LogP contribution in [0.5, 0.6) is 5.75 Å². The lowest BCUT2D eigenvalue weighted by atomic mass is 9.95. The van der Waals surface area contributed by atoms with E-state index in [0.29, 0.717) is 17.0 Å². The van der Waals surface area contributed by atoms with Crippen LogP contribution in [0.15, 0.2) is 18.2 Å². The van der Waals surface area contributed by atoms with Crippen molar-refractivity contribution >= 4 is 17.4 Å². The third-order valence-electron chi connectivity index (χ3n) is 2.98. The molecule has 0 saturated heterocycles. The minimum absolute atomic E-state index is 0.0343. The highest BCUT2D eigenvalue weighted by atomic mass is 16.5. The fourth-order valence-corrected chi connectivity index (χ4v) is 1.96. The lowest BCUT2D eigenvalue weighted by Gasteiger charge is -2.26. The van der Waals surface area contributed by atoms with E-state index in [1.807, 2.05) is 13.8 Å². The molecule has 0 aliphatic carbocycles. The summed E-state index contributed by atoms with van der Waals surface area (Å²) in [4.78, 5) is 25.2. The van der Waals surface area contributed by atoms with Gasteiger partial charge in [0, 0.05) is 24.6 Å². The third kappa shape index (κ3) is 2.93. The van der Waals surface area contributed by atoms with E-state index in [9.17, 15) is 9.59 Å². The number of Topliss-reactive ketones (excluding diaryl/α,β-unsaturated/α-hetero) is 1. The van der Waals surface area contributed by atoms with Crippen LogP contribution in [0.3, 0.4) is 0 Å². The fourth-order valence-electron chi connectivity index (χ4n) is 1.96. The van der Waals surface area contributed by atoms with Crippen LogP contribution in [0.25, 0.3) is 0 Å². The van der Waals surface area contributed by atoms with Crippen LogP contribution in [-0.4, -0.2) is 30.9 Å². The molecule has 5 heteroatoms. The Labute approximate surface area is 112 Å². The lowest BCUT2D eigenvalue weighted by molar-refractivity contribution is -0.120. The Balaban J connectivity index is 2.30. The SMILES string of the molecule is CN1C(=O)COc2ccc(C(=O)CC(C)(C)N)cc21. The predicted octanol–water partition coefficient (Wildman–Crippen LogP) is 1.35. The number of carbonyl (C=O) groups excluding carboxylic acids is 2. The number of carbonyl (C=O) groups is 2. The van der Waals surface area contributed by atoms with Crippen LogP contribution in [0.2, 0.25) is 0 Å². The number of hydrogen-bond acceptors (Lipinski definition) is 4. The van der Waals surface area contributed by atoms with Crippen molar-refractivity contribution in [3.63, 3.8) is 0 Å². The van der Waals surface area contributed by atoms with Crippen molar-refractivity contribution in [1.82, 2.24) is 0 Å². The number of likely N-dealkylation sites (N-methyl/N-ethyl adjacent to an activating group) is 1. The van der Waals surface area contributed by atoms with Crippen LogP contribution < -0.4 is 15.4 Å². The number of rotatable bonds is 3. The van der Waals surface area contributed by atoms with Gasteiger partial charge in [0.15, 0.2) is 12.4 Å². The first-order valence-corrected chi connectivity index (χ1v) is 6.13. The van der Waals surface area contributed by atoms with Gasteiger partial charge < -0.3 is 15.4 Å². The zero-order valence-electron chi connectivity index (χ0n) is 11.4. The topological polar surface area (TPSA) is 72.6 Å². The Kier molecular flexibility index (Phi) is 3.32. The van der Waals surface area contributed by atoms with Crippen LogP contribution in [0, 0.1) is 0 Å². The van der Waals surface area contributed by atoms with Crippen LogP contribution in [0.4, 0.5) is 5.69 Å². The van der Waals surface area contributed by atoms with Gasteiger partial charge in [-0.3, -0.25) is 9.59 Å². The molecule has 1 aromatic rings. The summed E-state index contributed by atoms with van der Waals surface area (Å²) in [6.07, 6.45) is 0.254. The third-order valence-corrected chi connectivity index (χ3v) is 2.98. The van der Waals surface area contributed by atoms with Gasteiger partial charge in [0.05, 0.1) is 5.69 Å². The molecule has 0 saturated carbocycles. The Hall–Kier alpha value is -1.88. The van der Waals surface area contributed by atoms with Crippen molar-refractivity contribution in [1.29, 1.82) is 0 Å². The van der Waals surface area contributed by atoms with Crippen LogP contribution in [-0.2, 0) is 4.79 Å².